The molecule has 0 aromatic heterocycles. The number of piperazine rings is 1. The van der Waals surface area contributed by atoms with Crippen molar-refractivity contribution in [1.29, 1.82) is 0 Å². The fourth-order valence-electron chi connectivity index (χ4n) is 2.31. The zero-order valence-electron chi connectivity index (χ0n) is 10.7. The molecule has 3 heteroatoms. The third-order valence-electron chi connectivity index (χ3n) is 3.68. The molecule has 1 aliphatic carbocycles. The monoisotopic (exact) mass is 226 g/mol. The van der Waals surface area contributed by atoms with Crippen molar-refractivity contribution in [2.24, 2.45) is 5.92 Å². The molecule has 1 aliphatic heterocycles. The third kappa shape index (κ3) is 4.04. The second-order valence-electron chi connectivity index (χ2n) is 5.53. The Balaban J connectivity index is 1.53. The van der Waals surface area contributed by atoms with Gasteiger partial charge in [-0.05, 0) is 39.0 Å². The summed E-state index contributed by atoms with van der Waals surface area (Å²) in [6.07, 6.45) is 3.97. The molecule has 16 heavy (non-hydrogen) atoms. The van der Waals surface area contributed by atoms with Crippen molar-refractivity contribution >= 4 is 0 Å². The average Bonchev–Trinajstić information content (AvgIpc) is 3.06. The number of nitrogens with one attached hydrogen (secondary N) is 1. The summed E-state index contributed by atoms with van der Waals surface area (Å²) >= 11 is 0. The van der Waals surface area contributed by atoms with E-state index in [0.717, 1.165) is 25.7 Å². The Labute approximate surface area is 99.5 Å². The zero-order chi connectivity index (χ0) is 11.4. The molecular formula is C13H26N2O. The molecule has 2 unspecified atom stereocenters. The molecule has 0 amide bonds. The predicted octanol–water partition coefficient (Wildman–Crippen LogP) is 1.49. The van der Waals surface area contributed by atoms with Gasteiger partial charge in [0.2, 0.25) is 0 Å². The van der Waals surface area contributed by atoms with Gasteiger partial charge in [-0.15, -0.1) is 0 Å². The molecule has 1 heterocycles. The van der Waals surface area contributed by atoms with E-state index in [1.54, 1.807) is 0 Å². The highest BCUT2D eigenvalue weighted by molar-refractivity contribution is 4.81. The number of hydrogen-bond acceptors (Lipinski definition) is 3. The number of ether oxygens (including phenoxy) is 1. The van der Waals surface area contributed by atoms with Crippen LogP contribution in [0.3, 0.4) is 0 Å². The van der Waals surface area contributed by atoms with Gasteiger partial charge in [-0.25, -0.2) is 0 Å². The van der Waals surface area contributed by atoms with E-state index in [0.29, 0.717) is 12.1 Å². The molecule has 1 saturated heterocycles. The fourth-order valence-corrected chi connectivity index (χ4v) is 2.31. The van der Waals surface area contributed by atoms with Gasteiger partial charge in [0.05, 0.1) is 0 Å². The number of hydrogen-bond donors (Lipinski definition) is 1. The molecule has 0 radical (unpaired) electrons. The van der Waals surface area contributed by atoms with Crippen LogP contribution >= 0.6 is 0 Å². The molecule has 3 nitrogen and oxygen atoms in total. The van der Waals surface area contributed by atoms with Gasteiger partial charge in [-0.1, -0.05) is 0 Å². The van der Waals surface area contributed by atoms with Gasteiger partial charge in [-0.3, -0.25) is 4.90 Å². The van der Waals surface area contributed by atoms with Gasteiger partial charge in [0, 0.05) is 44.9 Å². The smallest absolute Gasteiger partial charge is 0.0494 e. The molecule has 2 atom stereocenters. The van der Waals surface area contributed by atoms with Gasteiger partial charge in [0.1, 0.15) is 0 Å². The van der Waals surface area contributed by atoms with E-state index >= 15 is 0 Å². The van der Waals surface area contributed by atoms with Crippen molar-refractivity contribution in [2.45, 2.75) is 45.2 Å². The molecule has 0 aromatic carbocycles. The summed E-state index contributed by atoms with van der Waals surface area (Å²) < 4.78 is 5.67. The van der Waals surface area contributed by atoms with Crippen LogP contribution in [0.5, 0.6) is 0 Å². The van der Waals surface area contributed by atoms with Crippen molar-refractivity contribution in [1.82, 2.24) is 10.2 Å². The van der Waals surface area contributed by atoms with Crippen molar-refractivity contribution < 1.29 is 4.74 Å². The molecule has 2 fully saturated rings. The predicted molar refractivity (Wildman–Crippen MR) is 66.7 cm³/mol. The van der Waals surface area contributed by atoms with Crippen LogP contribution in [0, 0.1) is 5.92 Å². The minimum atomic E-state index is 0.642. The fraction of sp³-hybridized carbons (Fsp3) is 1.00. The lowest BCUT2D eigenvalue weighted by Gasteiger charge is -2.37. The largest absolute Gasteiger partial charge is 0.381 e. The lowest BCUT2D eigenvalue weighted by Crippen LogP contribution is -2.54. The number of nitrogens with zero attached hydrogens (tertiary/aromatic N) is 1. The van der Waals surface area contributed by atoms with Gasteiger partial charge >= 0.3 is 0 Å². The first-order valence-electron chi connectivity index (χ1n) is 6.81. The zero-order valence-corrected chi connectivity index (χ0v) is 10.7. The summed E-state index contributed by atoms with van der Waals surface area (Å²) in [5.74, 6) is 0.901. The van der Waals surface area contributed by atoms with E-state index in [9.17, 15) is 0 Å². The molecule has 2 rings (SSSR count). The Hall–Kier alpha value is -0.120. The lowest BCUT2D eigenvalue weighted by atomic mass is 10.1. The maximum atomic E-state index is 5.67. The summed E-state index contributed by atoms with van der Waals surface area (Å²) in [4.78, 5) is 2.58. The molecule has 1 saturated carbocycles. The Bertz CT molecular complexity index is 206. The minimum absolute atomic E-state index is 0.642. The molecule has 2 aliphatic rings. The normalized spacial score (nSPS) is 31.9. The van der Waals surface area contributed by atoms with E-state index in [-0.39, 0.29) is 0 Å². The quantitative estimate of drug-likeness (QED) is 0.694. The van der Waals surface area contributed by atoms with Crippen LogP contribution in [-0.2, 0) is 4.74 Å². The summed E-state index contributed by atoms with van der Waals surface area (Å²) in [6.45, 7) is 10.0. The third-order valence-corrected chi connectivity index (χ3v) is 3.68. The van der Waals surface area contributed by atoms with Crippen LogP contribution in [0.2, 0.25) is 0 Å². The van der Waals surface area contributed by atoms with Gasteiger partial charge in [0.25, 0.3) is 0 Å². The molecule has 0 aromatic rings. The molecule has 1 N–H and O–H groups in total. The Morgan fingerprint density at radius 1 is 1.31 bits per heavy atom. The molecular weight excluding hydrogens is 200 g/mol. The highest BCUT2D eigenvalue weighted by Gasteiger charge is 2.22. The van der Waals surface area contributed by atoms with Crippen LogP contribution in [-0.4, -0.2) is 49.8 Å². The Kier molecular flexibility index (Phi) is 4.62. The van der Waals surface area contributed by atoms with Gasteiger partial charge < -0.3 is 10.1 Å². The minimum Gasteiger partial charge on any atom is -0.381 e. The summed E-state index contributed by atoms with van der Waals surface area (Å²) in [7, 11) is 0. The van der Waals surface area contributed by atoms with Crippen molar-refractivity contribution in [3.8, 4) is 0 Å². The van der Waals surface area contributed by atoms with Crippen molar-refractivity contribution in [3.05, 3.63) is 0 Å². The van der Waals surface area contributed by atoms with Crippen LogP contribution in [0.4, 0.5) is 0 Å². The first kappa shape index (κ1) is 12.3. The Morgan fingerprint density at radius 2 is 2.12 bits per heavy atom. The van der Waals surface area contributed by atoms with Crippen molar-refractivity contribution in [2.75, 3.05) is 32.8 Å². The summed E-state index contributed by atoms with van der Waals surface area (Å²) in [5, 5.41) is 3.51. The van der Waals surface area contributed by atoms with E-state index in [4.69, 9.17) is 4.74 Å². The average molecular weight is 226 g/mol. The first-order chi connectivity index (χ1) is 7.75. The van der Waals surface area contributed by atoms with Crippen LogP contribution < -0.4 is 5.32 Å². The lowest BCUT2D eigenvalue weighted by molar-refractivity contribution is 0.0938. The number of rotatable bonds is 6. The SMILES string of the molecule is CC1CN(CCCOCC2CC2)C(C)CN1. The second-order valence-corrected chi connectivity index (χ2v) is 5.53. The van der Waals surface area contributed by atoms with E-state index in [1.807, 2.05) is 0 Å². The van der Waals surface area contributed by atoms with E-state index in [2.05, 4.69) is 24.1 Å². The Morgan fingerprint density at radius 3 is 2.88 bits per heavy atom. The van der Waals surface area contributed by atoms with Gasteiger partial charge in [-0.2, -0.15) is 0 Å². The maximum absolute atomic E-state index is 5.67. The standard InChI is InChI=1S/C13H26N2O/c1-11-9-15(12(2)8-14-11)6-3-7-16-10-13-4-5-13/h11-14H,3-10H2,1-2H3. The van der Waals surface area contributed by atoms with Crippen molar-refractivity contribution in [3.63, 3.8) is 0 Å². The highest BCUT2D eigenvalue weighted by atomic mass is 16.5. The van der Waals surface area contributed by atoms with Crippen LogP contribution in [0.25, 0.3) is 0 Å². The van der Waals surface area contributed by atoms with Gasteiger partial charge in [0.15, 0.2) is 0 Å². The maximum Gasteiger partial charge on any atom is 0.0494 e. The molecule has 0 spiro atoms. The van der Waals surface area contributed by atoms with Crippen LogP contribution in [0.1, 0.15) is 33.1 Å². The molecule has 94 valence electrons. The highest BCUT2D eigenvalue weighted by Crippen LogP contribution is 2.28. The topological polar surface area (TPSA) is 24.5 Å². The first-order valence-corrected chi connectivity index (χ1v) is 6.81. The summed E-state index contributed by atoms with van der Waals surface area (Å²) in [6, 6.07) is 1.32. The second kappa shape index (κ2) is 5.99. The van der Waals surface area contributed by atoms with Crippen LogP contribution in [0.15, 0.2) is 0 Å². The summed E-state index contributed by atoms with van der Waals surface area (Å²) in [5.41, 5.74) is 0. The van der Waals surface area contributed by atoms with E-state index in [1.165, 1.54) is 32.4 Å². The van der Waals surface area contributed by atoms with E-state index < -0.39 is 0 Å². The molecule has 0 bridgehead atoms.